The zero-order chi connectivity index (χ0) is 14.9. The number of nitrogens with zero attached hydrogens (tertiary/aromatic N) is 2. The van der Waals surface area contributed by atoms with Crippen LogP contribution in [0.3, 0.4) is 0 Å². The molecular formula is C17H32N2O2. The van der Waals surface area contributed by atoms with Crippen LogP contribution in [-0.4, -0.2) is 60.1 Å². The molecule has 4 nitrogen and oxygen atoms in total. The van der Waals surface area contributed by atoms with Crippen LogP contribution in [-0.2, 0) is 4.79 Å². The molecule has 1 saturated heterocycles. The van der Waals surface area contributed by atoms with Gasteiger partial charge in [-0.25, -0.2) is 0 Å². The number of aliphatic hydroxyl groups excluding tert-OH is 1. The maximum atomic E-state index is 12.3. The minimum atomic E-state index is 0.218. The summed E-state index contributed by atoms with van der Waals surface area (Å²) in [4.78, 5) is 16.6. The average molecular weight is 296 g/mol. The SMILES string of the molecule is O=C(CCCC1CCCCC1)N1CCCN(CCO)CC1. The summed E-state index contributed by atoms with van der Waals surface area (Å²) in [6.07, 6.45) is 11.0. The van der Waals surface area contributed by atoms with Gasteiger partial charge in [0.1, 0.15) is 0 Å². The minimum Gasteiger partial charge on any atom is -0.395 e. The lowest BCUT2D eigenvalue weighted by atomic mass is 9.86. The van der Waals surface area contributed by atoms with Gasteiger partial charge in [-0.1, -0.05) is 32.1 Å². The van der Waals surface area contributed by atoms with Crippen molar-refractivity contribution in [2.45, 2.75) is 57.8 Å². The van der Waals surface area contributed by atoms with Crippen molar-refractivity contribution in [1.29, 1.82) is 0 Å². The molecule has 0 aromatic heterocycles. The molecule has 2 rings (SSSR count). The number of rotatable bonds is 6. The maximum absolute atomic E-state index is 12.3. The van der Waals surface area contributed by atoms with E-state index in [-0.39, 0.29) is 6.61 Å². The molecule has 1 N–H and O–H groups in total. The molecule has 2 aliphatic rings. The Morgan fingerprint density at radius 2 is 1.81 bits per heavy atom. The molecule has 1 heterocycles. The first-order valence-corrected chi connectivity index (χ1v) is 8.90. The molecule has 1 amide bonds. The molecule has 1 saturated carbocycles. The van der Waals surface area contributed by atoms with Crippen LogP contribution in [0.25, 0.3) is 0 Å². The number of carbonyl (C=O) groups is 1. The van der Waals surface area contributed by atoms with Gasteiger partial charge in [0.25, 0.3) is 0 Å². The highest BCUT2D eigenvalue weighted by Gasteiger charge is 2.19. The van der Waals surface area contributed by atoms with Gasteiger partial charge in [0.2, 0.25) is 5.91 Å². The fraction of sp³-hybridized carbons (Fsp3) is 0.941. The Kier molecular flexibility index (Phi) is 7.51. The average Bonchev–Trinajstić information content (AvgIpc) is 2.74. The molecule has 4 heteroatoms. The lowest BCUT2D eigenvalue weighted by molar-refractivity contribution is -0.131. The predicted octanol–water partition coefficient (Wildman–Crippen LogP) is 2.26. The summed E-state index contributed by atoms with van der Waals surface area (Å²) >= 11 is 0. The van der Waals surface area contributed by atoms with Gasteiger partial charge in [0.05, 0.1) is 6.61 Å². The van der Waals surface area contributed by atoms with Crippen LogP contribution in [0, 0.1) is 5.92 Å². The third kappa shape index (κ3) is 5.95. The monoisotopic (exact) mass is 296 g/mol. The second kappa shape index (κ2) is 9.42. The minimum absolute atomic E-state index is 0.218. The Balaban J connectivity index is 1.63. The van der Waals surface area contributed by atoms with Gasteiger partial charge in [0.15, 0.2) is 0 Å². The first-order chi connectivity index (χ1) is 10.3. The Morgan fingerprint density at radius 3 is 2.57 bits per heavy atom. The van der Waals surface area contributed by atoms with E-state index in [0.29, 0.717) is 5.91 Å². The maximum Gasteiger partial charge on any atom is 0.222 e. The number of hydrogen-bond donors (Lipinski definition) is 1. The van der Waals surface area contributed by atoms with E-state index in [2.05, 4.69) is 4.90 Å². The fourth-order valence-corrected chi connectivity index (χ4v) is 3.76. The standard InChI is InChI=1S/C17H32N2O2/c20-15-14-18-10-5-11-19(13-12-18)17(21)9-4-8-16-6-2-1-3-7-16/h16,20H,1-15H2. The zero-order valence-electron chi connectivity index (χ0n) is 13.4. The molecule has 1 aliphatic carbocycles. The van der Waals surface area contributed by atoms with Crippen molar-refractivity contribution in [3.63, 3.8) is 0 Å². The van der Waals surface area contributed by atoms with Crippen LogP contribution < -0.4 is 0 Å². The molecular weight excluding hydrogens is 264 g/mol. The van der Waals surface area contributed by atoms with Gasteiger partial charge in [-0.05, 0) is 31.7 Å². The predicted molar refractivity (Wildman–Crippen MR) is 85.1 cm³/mol. The highest BCUT2D eigenvalue weighted by Crippen LogP contribution is 2.27. The van der Waals surface area contributed by atoms with Crippen LogP contribution in [0.4, 0.5) is 0 Å². The van der Waals surface area contributed by atoms with Crippen LogP contribution in [0.15, 0.2) is 0 Å². The van der Waals surface area contributed by atoms with Gasteiger partial charge >= 0.3 is 0 Å². The summed E-state index contributed by atoms with van der Waals surface area (Å²) in [5.74, 6) is 1.23. The second-order valence-corrected chi connectivity index (χ2v) is 6.70. The molecule has 0 unspecified atom stereocenters. The van der Waals surface area contributed by atoms with Crippen molar-refractivity contribution in [2.24, 2.45) is 5.92 Å². The van der Waals surface area contributed by atoms with E-state index in [1.807, 2.05) is 4.90 Å². The Morgan fingerprint density at radius 1 is 1.00 bits per heavy atom. The van der Waals surface area contributed by atoms with E-state index in [9.17, 15) is 4.79 Å². The number of carbonyl (C=O) groups excluding carboxylic acids is 1. The van der Waals surface area contributed by atoms with Crippen molar-refractivity contribution in [1.82, 2.24) is 9.80 Å². The number of aliphatic hydroxyl groups is 1. The Bertz CT molecular complexity index is 303. The van der Waals surface area contributed by atoms with Crippen molar-refractivity contribution in [3.8, 4) is 0 Å². The molecule has 1 aliphatic heterocycles. The van der Waals surface area contributed by atoms with Crippen LogP contribution in [0.2, 0.25) is 0 Å². The van der Waals surface area contributed by atoms with Crippen molar-refractivity contribution >= 4 is 5.91 Å². The molecule has 0 spiro atoms. The third-order valence-corrected chi connectivity index (χ3v) is 5.09. The summed E-state index contributed by atoms with van der Waals surface area (Å²) in [7, 11) is 0. The highest BCUT2D eigenvalue weighted by atomic mass is 16.3. The first-order valence-electron chi connectivity index (χ1n) is 8.90. The van der Waals surface area contributed by atoms with E-state index in [0.717, 1.165) is 57.9 Å². The van der Waals surface area contributed by atoms with Gasteiger partial charge in [-0.2, -0.15) is 0 Å². The number of amides is 1. The molecule has 0 aromatic carbocycles. The number of β-amino-alcohol motifs (C(OH)–C–C–N with tert-alkyl or cyclic N) is 1. The normalized spacial score (nSPS) is 22.2. The summed E-state index contributed by atoms with van der Waals surface area (Å²) in [6, 6.07) is 0. The molecule has 2 fully saturated rings. The summed E-state index contributed by atoms with van der Waals surface area (Å²) < 4.78 is 0. The van der Waals surface area contributed by atoms with E-state index in [1.54, 1.807) is 0 Å². The van der Waals surface area contributed by atoms with Gasteiger partial charge in [-0.15, -0.1) is 0 Å². The summed E-state index contributed by atoms with van der Waals surface area (Å²) in [6.45, 7) is 4.60. The van der Waals surface area contributed by atoms with E-state index < -0.39 is 0 Å². The summed E-state index contributed by atoms with van der Waals surface area (Å²) in [5.41, 5.74) is 0. The van der Waals surface area contributed by atoms with E-state index in [1.165, 1.54) is 38.5 Å². The number of hydrogen-bond acceptors (Lipinski definition) is 3. The van der Waals surface area contributed by atoms with Crippen molar-refractivity contribution in [3.05, 3.63) is 0 Å². The van der Waals surface area contributed by atoms with Crippen LogP contribution in [0.1, 0.15) is 57.8 Å². The molecule has 0 atom stereocenters. The third-order valence-electron chi connectivity index (χ3n) is 5.09. The molecule has 0 aromatic rings. The fourth-order valence-electron chi connectivity index (χ4n) is 3.76. The van der Waals surface area contributed by atoms with Gasteiger partial charge in [0, 0.05) is 32.6 Å². The quantitative estimate of drug-likeness (QED) is 0.817. The molecule has 21 heavy (non-hydrogen) atoms. The topological polar surface area (TPSA) is 43.8 Å². The van der Waals surface area contributed by atoms with Crippen LogP contribution in [0.5, 0.6) is 0 Å². The van der Waals surface area contributed by atoms with Crippen molar-refractivity contribution in [2.75, 3.05) is 39.3 Å². The van der Waals surface area contributed by atoms with Gasteiger partial charge < -0.3 is 10.0 Å². The Hall–Kier alpha value is -0.610. The summed E-state index contributed by atoms with van der Waals surface area (Å²) in [5, 5.41) is 9.00. The lowest BCUT2D eigenvalue weighted by Crippen LogP contribution is -2.35. The molecule has 0 radical (unpaired) electrons. The molecule has 0 bridgehead atoms. The van der Waals surface area contributed by atoms with Gasteiger partial charge in [-0.3, -0.25) is 9.69 Å². The van der Waals surface area contributed by atoms with Crippen LogP contribution >= 0.6 is 0 Å². The van der Waals surface area contributed by atoms with E-state index in [4.69, 9.17) is 5.11 Å². The smallest absolute Gasteiger partial charge is 0.222 e. The Labute approximate surface area is 129 Å². The lowest BCUT2D eigenvalue weighted by Gasteiger charge is -2.23. The zero-order valence-corrected chi connectivity index (χ0v) is 13.4. The van der Waals surface area contributed by atoms with E-state index >= 15 is 0 Å². The largest absolute Gasteiger partial charge is 0.395 e. The second-order valence-electron chi connectivity index (χ2n) is 6.70. The molecule has 122 valence electrons. The van der Waals surface area contributed by atoms with Crippen molar-refractivity contribution < 1.29 is 9.90 Å². The first kappa shape index (κ1) is 16.8. The highest BCUT2D eigenvalue weighted by molar-refractivity contribution is 5.76.